The molecule has 2 aliphatic rings. The number of oxime groups is 1. The molecule has 0 spiro atoms. The van der Waals surface area contributed by atoms with E-state index in [0.29, 0.717) is 6.79 Å². The highest BCUT2D eigenvalue weighted by Crippen LogP contribution is 2.33. The molecule has 0 unspecified atom stereocenters. The van der Waals surface area contributed by atoms with Crippen LogP contribution in [0.25, 0.3) is 0 Å². The summed E-state index contributed by atoms with van der Waals surface area (Å²) in [5, 5.41) is 4.87. The first-order valence-electron chi connectivity index (χ1n) is 5.05. The van der Waals surface area contributed by atoms with E-state index in [2.05, 4.69) is 21.1 Å². The average Bonchev–Trinajstić information content (AvgIpc) is 2.96. The molecule has 16 heavy (non-hydrogen) atoms. The van der Waals surface area contributed by atoms with Gasteiger partial charge in [0.2, 0.25) is 6.79 Å². The van der Waals surface area contributed by atoms with E-state index in [1.165, 1.54) is 0 Å². The van der Waals surface area contributed by atoms with Crippen LogP contribution in [0.15, 0.2) is 23.4 Å². The van der Waals surface area contributed by atoms with Crippen molar-refractivity contribution in [2.75, 3.05) is 12.1 Å². The summed E-state index contributed by atoms with van der Waals surface area (Å²) in [7, 11) is 0. The van der Waals surface area contributed by atoms with Crippen LogP contribution in [0, 0.1) is 0 Å². The van der Waals surface area contributed by atoms with E-state index >= 15 is 0 Å². The lowest BCUT2D eigenvalue weighted by Gasteiger charge is -2.02. The standard InChI is InChI=1S/C11H10BrNO3/c12-5-8-4-9(13-16-8)7-1-2-10-11(3-7)15-6-14-10/h1-3,8H,4-6H2/t8-/m0/s1. The lowest BCUT2D eigenvalue weighted by molar-refractivity contribution is 0.104. The predicted octanol–water partition coefficient (Wildman–Crippen LogP) is 2.30. The number of benzene rings is 1. The Kier molecular flexibility index (Phi) is 2.47. The van der Waals surface area contributed by atoms with Crippen LogP contribution < -0.4 is 9.47 Å². The second-order valence-corrected chi connectivity index (χ2v) is 4.34. The Hall–Kier alpha value is -1.23. The van der Waals surface area contributed by atoms with Crippen LogP contribution in [0.5, 0.6) is 11.5 Å². The molecule has 0 saturated carbocycles. The maximum absolute atomic E-state index is 5.32. The zero-order chi connectivity index (χ0) is 11.0. The average molecular weight is 284 g/mol. The van der Waals surface area contributed by atoms with Gasteiger partial charge in [-0.3, -0.25) is 0 Å². The van der Waals surface area contributed by atoms with E-state index in [-0.39, 0.29) is 6.10 Å². The van der Waals surface area contributed by atoms with E-state index in [1.54, 1.807) is 0 Å². The van der Waals surface area contributed by atoms with Gasteiger partial charge in [0.1, 0.15) is 6.10 Å². The van der Waals surface area contributed by atoms with Crippen LogP contribution in [-0.2, 0) is 4.84 Å². The maximum atomic E-state index is 5.32. The van der Waals surface area contributed by atoms with Crippen LogP contribution in [-0.4, -0.2) is 23.9 Å². The molecule has 2 heterocycles. The summed E-state index contributed by atoms with van der Waals surface area (Å²) >= 11 is 3.38. The summed E-state index contributed by atoms with van der Waals surface area (Å²) in [6.45, 7) is 0.297. The third kappa shape index (κ3) is 1.65. The topological polar surface area (TPSA) is 40.0 Å². The van der Waals surface area contributed by atoms with Crippen LogP contribution in [0.3, 0.4) is 0 Å². The lowest BCUT2D eigenvalue weighted by atomic mass is 10.1. The number of nitrogens with zero attached hydrogens (tertiary/aromatic N) is 1. The largest absolute Gasteiger partial charge is 0.454 e. The fourth-order valence-corrected chi connectivity index (χ4v) is 2.10. The van der Waals surface area contributed by atoms with Gasteiger partial charge in [0.25, 0.3) is 0 Å². The maximum Gasteiger partial charge on any atom is 0.231 e. The van der Waals surface area contributed by atoms with Gasteiger partial charge in [0.05, 0.1) is 5.71 Å². The second-order valence-electron chi connectivity index (χ2n) is 3.69. The Balaban J connectivity index is 1.85. The third-order valence-electron chi connectivity index (χ3n) is 2.61. The quantitative estimate of drug-likeness (QED) is 0.782. The second kappa shape index (κ2) is 3.97. The number of halogens is 1. The van der Waals surface area contributed by atoms with Crippen molar-refractivity contribution in [3.8, 4) is 11.5 Å². The molecular formula is C11H10BrNO3. The molecule has 0 aromatic heterocycles. The first-order valence-corrected chi connectivity index (χ1v) is 6.17. The number of alkyl halides is 1. The number of ether oxygens (including phenoxy) is 2. The molecule has 2 aliphatic heterocycles. The van der Waals surface area contributed by atoms with Crippen molar-refractivity contribution in [2.24, 2.45) is 5.16 Å². The normalized spacial score (nSPS) is 21.8. The van der Waals surface area contributed by atoms with Gasteiger partial charge in [-0.25, -0.2) is 0 Å². The molecule has 0 aliphatic carbocycles. The minimum Gasteiger partial charge on any atom is -0.454 e. The molecule has 0 radical (unpaired) electrons. The highest BCUT2D eigenvalue weighted by Gasteiger charge is 2.23. The van der Waals surface area contributed by atoms with E-state index in [4.69, 9.17) is 14.3 Å². The molecule has 0 saturated heterocycles. The van der Waals surface area contributed by atoms with Crippen molar-refractivity contribution in [3.05, 3.63) is 23.8 Å². The summed E-state index contributed by atoms with van der Waals surface area (Å²) in [5.74, 6) is 1.57. The Morgan fingerprint density at radius 1 is 1.31 bits per heavy atom. The summed E-state index contributed by atoms with van der Waals surface area (Å²) in [6, 6.07) is 5.83. The molecule has 5 heteroatoms. The molecule has 0 amide bonds. The van der Waals surface area contributed by atoms with Crippen molar-refractivity contribution in [2.45, 2.75) is 12.5 Å². The summed E-state index contributed by atoms with van der Waals surface area (Å²) in [5.41, 5.74) is 2.00. The van der Waals surface area contributed by atoms with Gasteiger partial charge in [-0.05, 0) is 18.2 Å². The number of hydrogen-bond acceptors (Lipinski definition) is 4. The van der Waals surface area contributed by atoms with Gasteiger partial charge in [-0.2, -0.15) is 0 Å². The summed E-state index contributed by atoms with van der Waals surface area (Å²) < 4.78 is 10.6. The molecule has 1 aromatic carbocycles. The molecule has 3 rings (SSSR count). The Labute approximate surface area is 101 Å². The van der Waals surface area contributed by atoms with Crippen LogP contribution >= 0.6 is 15.9 Å². The Morgan fingerprint density at radius 2 is 2.19 bits per heavy atom. The van der Waals surface area contributed by atoms with Crippen molar-refractivity contribution in [1.82, 2.24) is 0 Å². The SMILES string of the molecule is BrC[C@@H]1CC(c2ccc3c(c2)OCO3)=NO1. The minimum atomic E-state index is 0.139. The molecule has 1 aromatic rings. The highest BCUT2D eigenvalue weighted by atomic mass is 79.9. The smallest absolute Gasteiger partial charge is 0.231 e. The molecule has 0 N–H and O–H groups in total. The van der Waals surface area contributed by atoms with Gasteiger partial charge >= 0.3 is 0 Å². The third-order valence-corrected chi connectivity index (χ3v) is 3.33. The van der Waals surface area contributed by atoms with Crippen LogP contribution in [0.2, 0.25) is 0 Å². The van der Waals surface area contributed by atoms with Crippen LogP contribution in [0.4, 0.5) is 0 Å². The van der Waals surface area contributed by atoms with Crippen molar-refractivity contribution in [3.63, 3.8) is 0 Å². The van der Waals surface area contributed by atoms with Crippen molar-refractivity contribution in [1.29, 1.82) is 0 Å². The van der Waals surface area contributed by atoms with E-state index < -0.39 is 0 Å². The molecular weight excluding hydrogens is 274 g/mol. The number of rotatable bonds is 2. The summed E-state index contributed by atoms with van der Waals surface area (Å²) in [6.07, 6.45) is 0.964. The Bertz CT molecular complexity index is 447. The van der Waals surface area contributed by atoms with E-state index in [9.17, 15) is 0 Å². The van der Waals surface area contributed by atoms with Gasteiger partial charge < -0.3 is 14.3 Å². The first-order chi connectivity index (χ1) is 7.86. The molecule has 0 bridgehead atoms. The highest BCUT2D eigenvalue weighted by molar-refractivity contribution is 9.09. The van der Waals surface area contributed by atoms with Gasteiger partial charge in [-0.1, -0.05) is 21.1 Å². The lowest BCUT2D eigenvalue weighted by Crippen LogP contribution is -2.09. The van der Waals surface area contributed by atoms with Gasteiger partial charge in [-0.15, -0.1) is 0 Å². The zero-order valence-corrected chi connectivity index (χ0v) is 10.1. The number of fused-ring (bicyclic) bond motifs is 1. The van der Waals surface area contributed by atoms with E-state index in [1.807, 2.05) is 18.2 Å². The summed E-state index contributed by atoms with van der Waals surface area (Å²) in [4.78, 5) is 5.26. The predicted molar refractivity (Wildman–Crippen MR) is 62.4 cm³/mol. The molecule has 4 nitrogen and oxygen atoms in total. The fraction of sp³-hybridized carbons (Fsp3) is 0.364. The van der Waals surface area contributed by atoms with Crippen molar-refractivity contribution < 1.29 is 14.3 Å². The van der Waals surface area contributed by atoms with Gasteiger partial charge in [0, 0.05) is 17.3 Å². The van der Waals surface area contributed by atoms with Gasteiger partial charge in [0.15, 0.2) is 11.5 Å². The van der Waals surface area contributed by atoms with Crippen LogP contribution in [0.1, 0.15) is 12.0 Å². The molecule has 0 fully saturated rings. The number of hydrogen-bond donors (Lipinski definition) is 0. The molecule has 1 atom stereocenters. The minimum absolute atomic E-state index is 0.139. The molecule has 84 valence electrons. The fourth-order valence-electron chi connectivity index (χ4n) is 1.76. The monoisotopic (exact) mass is 283 g/mol. The van der Waals surface area contributed by atoms with E-state index in [0.717, 1.165) is 34.5 Å². The zero-order valence-electron chi connectivity index (χ0n) is 8.48. The Morgan fingerprint density at radius 3 is 3.00 bits per heavy atom. The first kappa shape index (κ1) is 9.96. The van der Waals surface area contributed by atoms with Crippen molar-refractivity contribution >= 4 is 21.6 Å².